The van der Waals surface area contributed by atoms with Gasteiger partial charge in [-0.05, 0) is 77.0 Å². The SMILES string of the molecule is CCC/C=C/CCCCCCCCC[N+](CCCCC(=O)[O-])(CCCCC(=O)O)CCCCC(=O)O. The van der Waals surface area contributed by atoms with Crippen LogP contribution in [0.15, 0.2) is 12.2 Å². The summed E-state index contributed by atoms with van der Waals surface area (Å²) in [5.41, 5.74) is 0. The first-order valence-corrected chi connectivity index (χ1v) is 14.4. The average molecular weight is 512 g/mol. The molecule has 0 saturated carbocycles. The number of quaternary nitrogens is 1. The zero-order chi connectivity index (χ0) is 26.9. The topological polar surface area (TPSA) is 115 Å². The van der Waals surface area contributed by atoms with Crippen molar-refractivity contribution in [1.82, 2.24) is 0 Å². The summed E-state index contributed by atoms with van der Waals surface area (Å²) < 4.78 is 0.844. The Labute approximate surface area is 219 Å². The van der Waals surface area contributed by atoms with Crippen LogP contribution in [-0.2, 0) is 14.4 Å². The van der Waals surface area contributed by atoms with E-state index in [0.29, 0.717) is 19.3 Å². The van der Waals surface area contributed by atoms with Gasteiger partial charge in [0.05, 0.1) is 26.2 Å². The van der Waals surface area contributed by atoms with Gasteiger partial charge in [0.25, 0.3) is 0 Å². The molecule has 0 unspecified atom stereocenters. The fourth-order valence-corrected chi connectivity index (χ4v) is 4.83. The molecule has 0 radical (unpaired) electrons. The Hall–Kier alpha value is -1.89. The molecular formula is C29H53NO6. The molecule has 0 aliphatic carbocycles. The van der Waals surface area contributed by atoms with E-state index in [2.05, 4.69) is 19.1 Å². The predicted molar refractivity (Wildman–Crippen MR) is 143 cm³/mol. The minimum absolute atomic E-state index is 0.0619. The van der Waals surface area contributed by atoms with Crippen molar-refractivity contribution >= 4 is 17.9 Å². The van der Waals surface area contributed by atoms with Crippen molar-refractivity contribution in [3.05, 3.63) is 12.2 Å². The second kappa shape index (κ2) is 23.5. The predicted octanol–water partition coefficient (Wildman–Crippen LogP) is 5.71. The molecule has 0 amide bonds. The summed E-state index contributed by atoms with van der Waals surface area (Å²) in [5.74, 6) is -2.58. The van der Waals surface area contributed by atoms with Crippen LogP contribution < -0.4 is 5.11 Å². The fraction of sp³-hybridized carbons (Fsp3) is 0.828. The van der Waals surface area contributed by atoms with Gasteiger partial charge in [0.15, 0.2) is 0 Å². The molecule has 7 heteroatoms. The number of unbranched alkanes of at least 4 members (excludes halogenated alkanes) is 11. The maximum atomic E-state index is 10.9. The van der Waals surface area contributed by atoms with E-state index in [9.17, 15) is 19.5 Å². The number of aliphatic carboxylic acids is 3. The van der Waals surface area contributed by atoms with E-state index in [1.165, 1.54) is 57.8 Å². The minimum Gasteiger partial charge on any atom is -0.550 e. The molecule has 36 heavy (non-hydrogen) atoms. The van der Waals surface area contributed by atoms with E-state index in [4.69, 9.17) is 10.2 Å². The molecule has 0 aliphatic rings. The molecule has 210 valence electrons. The van der Waals surface area contributed by atoms with Crippen molar-refractivity contribution in [2.45, 2.75) is 129 Å². The summed E-state index contributed by atoms with van der Waals surface area (Å²) in [4.78, 5) is 32.7. The van der Waals surface area contributed by atoms with Gasteiger partial charge in [0, 0.05) is 18.8 Å². The Balaban J connectivity index is 4.66. The van der Waals surface area contributed by atoms with E-state index in [1.807, 2.05) is 0 Å². The van der Waals surface area contributed by atoms with Gasteiger partial charge in [-0.1, -0.05) is 51.2 Å². The first-order valence-electron chi connectivity index (χ1n) is 14.4. The molecule has 0 bridgehead atoms. The van der Waals surface area contributed by atoms with Crippen LogP contribution in [0.4, 0.5) is 0 Å². The second-order valence-electron chi connectivity index (χ2n) is 10.3. The lowest BCUT2D eigenvalue weighted by Gasteiger charge is -2.39. The van der Waals surface area contributed by atoms with Crippen molar-refractivity contribution in [1.29, 1.82) is 0 Å². The van der Waals surface area contributed by atoms with Crippen LogP contribution in [0.2, 0.25) is 0 Å². The van der Waals surface area contributed by atoms with Gasteiger partial charge in [-0.2, -0.15) is 0 Å². The first kappa shape index (κ1) is 34.1. The van der Waals surface area contributed by atoms with E-state index in [1.54, 1.807) is 0 Å². The second-order valence-corrected chi connectivity index (χ2v) is 10.3. The fourth-order valence-electron chi connectivity index (χ4n) is 4.83. The van der Waals surface area contributed by atoms with E-state index in [-0.39, 0.29) is 19.3 Å². The smallest absolute Gasteiger partial charge is 0.303 e. The van der Waals surface area contributed by atoms with Gasteiger partial charge in [-0.25, -0.2) is 0 Å². The van der Waals surface area contributed by atoms with Crippen LogP contribution in [0, 0.1) is 0 Å². The molecule has 7 nitrogen and oxygen atoms in total. The number of hydrogen-bond acceptors (Lipinski definition) is 4. The lowest BCUT2D eigenvalue weighted by atomic mass is 10.1. The third-order valence-electron chi connectivity index (χ3n) is 6.93. The van der Waals surface area contributed by atoms with Crippen molar-refractivity contribution < 1.29 is 34.2 Å². The molecule has 0 heterocycles. The van der Waals surface area contributed by atoms with Gasteiger partial charge in [-0.15, -0.1) is 0 Å². The number of carboxylic acids is 3. The third kappa shape index (κ3) is 22.6. The van der Waals surface area contributed by atoms with Crippen LogP contribution in [-0.4, -0.2) is 58.8 Å². The van der Waals surface area contributed by atoms with Crippen molar-refractivity contribution in [2.75, 3.05) is 26.2 Å². The van der Waals surface area contributed by atoms with Crippen molar-refractivity contribution in [3.63, 3.8) is 0 Å². The lowest BCUT2D eigenvalue weighted by Crippen LogP contribution is -2.51. The highest BCUT2D eigenvalue weighted by atomic mass is 16.4. The molecule has 0 aromatic heterocycles. The van der Waals surface area contributed by atoms with Gasteiger partial charge in [0.2, 0.25) is 0 Å². The number of carboxylic acid groups (broad SMARTS) is 3. The molecule has 0 aromatic carbocycles. The monoisotopic (exact) mass is 511 g/mol. The Morgan fingerprint density at radius 3 is 1.42 bits per heavy atom. The highest BCUT2D eigenvalue weighted by Gasteiger charge is 2.26. The highest BCUT2D eigenvalue weighted by Crippen LogP contribution is 2.19. The summed E-state index contributed by atoms with van der Waals surface area (Å²) in [5, 5.41) is 28.8. The zero-order valence-electron chi connectivity index (χ0n) is 22.9. The molecule has 2 N–H and O–H groups in total. The Bertz CT molecular complexity index is 550. The summed E-state index contributed by atoms with van der Waals surface area (Å²) in [6.07, 6.45) is 21.4. The van der Waals surface area contributed by atoms with Crippen LogP contribution in [0.1, 0.15) is 129 Å². The van der Waals surface area contributed by atoms with E-state index < -0.39 is 17.9 Å². The maximum absolute atomic E-state index is 10.9. The number of nitrogens with zero attached hydrogens (tertiary/aromatic N) is 1. The Kier molecular flexibility index (Phi) is 22.3. The number of carbonyl (C=O) groups excluding carboxylic acids is 1. The van der Waals surface area contributed by atoms with Crippen molar-refractivity contribution in [3.8, 4) is 0 Å². The van der Waals surface area contributed by atoms with Gasteiger partial charge in [0.1, 0.15) is 0 Å². The molecule has 0 rings (SSSR count). The van der Waals surface area contributed by atoms with Crippen LogP contribution >= 0.6 is 0 Å². The third-order valence-corrected chi connectivity index (χ3v) is 6.93. The van der Waals surface area contributed by atoms with Crippen LogP contribution in [0.5, 0.6) is 0 Å². The molecule has 0 spiro atoms. The highest BCUT2D eigenvalue weighted by molar-refractivity contribution is 5.66. The largest absolute Gasteiger partial charge is 0.550 e. The summed E-state index contributed by atoms with van der Waals surface area (Å²) >= 11 is 0. The molecule has 0 atom stereocenters. The molecule has 0 aliphatic heterocycles. The normalized spacial score (nSPS) is 11.8. The summed E-state index contributed by atoms with van der Waals surface area (Å²) in [6, 6.07) is 0. The first-order chi connectivity index (χ1) is 17.3. The summed E-state index contributed by atoms with van der Waals surface area (Å²) in [6.45, 7) is 5.80. The minimum atomic E-state index is -1.02. The van der Waals surface area contributed by atoms with Crippen LogP contribution in [0.25, 0.3) is 0 Å². The number of hydrogen-bond donors (Lipinski definition) is 2. The summed E-state index contributed by atoms with van der Waals surface area (Å²) in [7, 11) is 0. The Morgan fingerprint density at radius 1 is 0.583 bits per heavy atom. The van der Waals surface area contributed by atoms with E-state index in [0.717, 1.165) is 56.3 Å². The Morgan fingerprint density at radius 2 is 0.972 bits per heavy atom. The molecule has 0 aromatic rings. The lowest BCUT2D eigenvalue weighted by molar-refractivity contribution is -0.929. The van der Waals surface area contributed by atoms with Gasteiger partial charge in [-0.3, -0.25) is 9.59 Å². The molecule has 0 fully saturated rings. The van der Waals surface area contributed by atoms with Crippen LogP contribution in [0.3, 0.4) is 0 Å². The average Bonchev–Trinajstić information content (AvgIpc) is 2.82. The standard InChI is InChI=1S/C29H53NO6/c1-2-3-4-5-6-7-8-9-10-11-12-16-23-30(24-17-13-20-27(31)32,25-18-14-21-28(33)34)26-19-15-22-29(35)36/h4-5H,2-3,6-26H2,1H3,(H2-,31,32,33,34,35,36)/b5-4+. The van der Waals surface area contributed by atoms with Crippen molar-refractivity contribution in [2.24, 2.45) is 0 Å². The number of carbonyl (C=O) groups is 3. The number of rotatable bonds is 27. The molecular weight excluding hydrogens is 458 g/mol. The number of allylic oxidation sites excluding steroid dienone is 2. The van der Waals surface area contributed by atoms with E-state index >= 15 is 0 Å². The molecule has 0 saturated heterocycles. The zero-order valence-corrected chi connectivity index (χ0v) is 22.9. The van der Waals surface area contributed by atoms with Gasteiger partial charge >= 0.3 is 11.9 Å². The maximum Gasteiger partial charge on any atom is 0.303 e. The van der Waals surface area contributed by atoms with Gasteiger partial charge < -0.3 is 24.6 Å². The quantitative estimate of drug-likeness (QED) is 0.0829.